The lowest BCUT2D eigenvalue weighted by Crippen LogP contribution is -2.37. The molecular weight excluding hydrogens is 767 g/mol. The van der Waals surface area contributed by atoms with E-state index in [1.807, 2.05) is 97.0 Å². The lowest BCUT2D eigenvalue weighted by atomic mass is 9.90. The second-order valence-corrected chi connectivity index (χ2v) is 17.5. The van der Waals surface area contributed by atoms with Crippen LogP contribution in [0.1, 0.15) is 82.1 Å². The molecule has 11 nitrogen and oxygen atoms in total. The Morgan fingerprint density at radius 3 is 1.80 bits per heavy atom. The summed E-state index contributed by atoms with van der Waals surface area (Å²) in [5.41, 5.74) is 9.25. The van der Waals surface area contributed by atoms with Crippen LogP contribution in [0.15, 0.2) is 101 Å². The van der Waals surface area contributed by atoms with Gasteiger partial charge < -0.3 is 19.1 Å². The van der Waals surface area contributed by atoms with E-state index in [4.69, 9.17) is 24.2 Å². The molecule has 0 aliphatic carbocycles. The van der Waals surface area contributed by atoms with E-state index < -0.39 is 0 Å². The molecule has 0 spiro atoms. The number of rotatable bonds is 10. The van der Waals surface area contributed by atoms with Crippen LogP contribution in [0, 0.1) is 12.3 Å². The van der Waals surface area contributed by atoms with Gasteiger partial charge in [-0.2, -0.15) is 0 Å². The van der Waals surface area contributed by atoms with Crippen LogP contribution in [0.3, 0.4) is 0 Å². The summed E-state index contributed by atoms with van der Waals surface area (Å²) in [6, 6.07) is 28.7. The van der Waals surface area contributed by atoms with Crippen LogP contribution in [0.4, 0.5) is 28.4 Å². The van der Waals surface area contributed by atoms with Gasteiger partial charge in [0.05, 0.1) is 41.7 Å². The van der Waals surface area contributed by atoms with Crippen LogP contribution < -0.4 is 28.9 Å². The zero-order valence-electron chi connectivity index (χ0n) is 35.4. The third-order valence-corrected chi connectivity index (χ3v) is 11.9. The summed E-state index contributed by atoms with van der Waals surface area (Å²) in [4.78, 5) is 56.3. The molecule has 0 aromatic heterocycles. The molecule has 5 aromatic rings. The Hall–Kier alpha value is -6.75. The van der Waals surface area contributed by atoms with Gasteiger partial charge in [-0.1, -0.05) is 57.2 Å². The molecule has 0 bridgehead atoms. The number of aliphatic imine (C=N–C) groups is 2. The van der Waals surface area contributed by atoms with E-state index >= 15 is 0 Å². The highest BCUT2D eigenvalue weighted by atomic mass is 16.5. The number of hydrogen-bond donors (Lipinski definition) is 0. The fourth-order valence-electron chi connectivity index (χ4n) is 8.61. The van der Waals surface area contributed by atoms with Crippen molar-refractivity contribution in [3.8, 4) is 17.2 Å². The van der Waals surface area contributed by atoms with E-state index in [-0.39, 0.29) is 48.4 Å². The van der Waals surface area contributed by atoms with Crippen molar-refractivity contribution in [2.24, 2.45) is 15.4 Å². The van der Waals surface area contributed by atoms with E-state index in [1.165, 1.54) is 0 Å². The first-order valence-electron chi connectivity index (χ1n) is 20.8. The molecule has 0 unspecified atom stereocenters. The number of methoxy groups -OCH3 is 1. The monoisotopic (exact) mass is 815 g/mol. The summed E-state index contributed by atoms with van der Waals surface area (Å²) >= 11 is 0. The molecule has 0 saturated heterocycles. The minimum absolute atomic E-state index is 0.00481. The summed E-state index contributed by atoms with van der Waals surface area (Å²) in [6.07, 6.45) is 6.26. The number of para-hydroxylation sites is 2. The number of nitrogens with zero attached hydrogens (tertiary/aromatic N) is 5. The Morgan fingerprint density at radius 2 is 1.25 bits per heavy atom. The number of amides is 3. The molecule has 0 N–H and O–H groups in total. The minimum Gasteiger partial charge on any atom is -0.493 e. The molecule has 0 fully saturated rings. The number of ether oxygens (including phenoxy) is 3. The van der Waals surface area contributed by atoms with E-state index in [9.17, 15) is 14.4 Å². The van der Waals surface area contributed by atoms with Crippen molar-refractivity contribution in [1.29, 1.82) is 0 Å². The van der Waals surface area contributed by atoms with Gasteiger partial charge in [0.2, 0.25) is 5.91 Å². The Bertz CT molecular complexity index is 2660. The summed E-state index contributed by atoms with van der Waals surface area (Å²) in [6.45, 7) is 8.63. The number of carbonyl (C=O) groups excluding carboxylic acids is 3. The Balaban J connectivity index is 0.978. The van der Waals surface area contributed by atoms with E-state index in [2.05, 4.69) is 26.8 Å². The maximum atomic E-state index is 14.0. The van der Waals surface area contributed by atoms with E-state index in [0.29, 0.717) is 58.3 Å². The van der Waals surface area contributed by atoms with E-state index in [1.54, 1.807) is 36.1 Å². The molecule has 9 rings (SSSR count). The largest absolute Gasteiger partial charge is 0.493 e. The molecular formula is C50H49N5O6. The van der Waals surface area contributed by atoms with Gasteiger partial charge >= 0.3 is 0 Å². The lowest BCUT2D eigenvalue weighted by molar-refractivity contribution is -0.118. The lowest BCUT2D eigenvalue weighted by Gasteiger charge is -2.23. The van der Waals surface area contributed by atoms with Gasteiger partial charge in [0.1, 0.15) is 19.0 Å². The summed E-state index contributed by atoms with van der Waals surface area (Å²) in [7, 11) is 3.34. The summed E-state index contributed by atoms with van der Waals surface area (Å²) < 4.78 is 18.7. The third kappa shape index (κ3) is 7.65. The number of anilines is 3. The number of carbonyl (C=O) groups is 3. The number of hydrogen-bond acceptors (Lipinski definition) is 8. The fourth-order valence-corrected chi connectivity index (χ4v) is 8.61. The molecule has 4 heterocycles. The Kier molecular flexibility index (Phi) is 10.2. The van der Waals surface area contributed by atoms with Crippen molar-refractivity contribution in [2.75, 3.05) is 28.9 Å². The zero-order valence-corrected chi connectivity index (χ0v) is 35.4. The van der Waals surface area contributed by atoms with E-state index in [0.717, 1.165) is 52.0 Å². The SMILES string of the molecule is COc1cc2c(cc1OCc1cc(COc3cc4c(cc3C)C(=O)N3c5ccccc5C[C@H]3C=N4)cc(N(C)C(=O)CCC(C)(C)C)c1)N=C[C@@H]1Cc3ccccc3N1C2=O. The average Bonchev–Trinajstić information content (AvgIpc) is 3.75. The second kappa shape index (κ2) is 15.7. The van der Waals surface area contributed by atoms with Crippen molar-refractivity contribution >= 4 is 58.6 Å². The van der Waals surface area contributed by atoms with Crippen molar-refractivity contribution in [1.82, 2.24) is 0 Å². The van der Waals surface area contributed by atoms with Gasteiger partial charge in [-0.3, -0.25) is 34.2 Å². The molecule has 4 aliphatic heterocycles. The van der Waals surface area contributed by atoms with Crippen LogP contribution in [0.5, 0.6) is 17.2 Å². The van der Waals surface area contributed by atoms with Crippen LogP contribution in [0.25, 0.3) is 0 Å². The molecule has 61 heavy (non-hydrogen) atoms. The van der Waals surface area contributed by atoms with Gasteiger partial charge in [0.15, 0.2) is 11.5 Å². The van der Waals surface area contributed by atoms with Crippen LogP contribution in [0.2, 0.25) is 0 Å². The molecule has 2 atom stereocenters. The first-order chi connectivity index (χ1) is 29.3. The Labute approximate surface area is 356 Å². The Morgan fingerprint density at radius 1 is 0.721 bits per heavy atom. The van der Waals surface area contributed by atoms with Crippen molar-refractivity contribution in [3.05, 3.63) is 130 Å². The standard InChI is InChI=1S/C50H49N5O6/c1-30-17-38-40(51-26-36-21-33-11-7-9-13-42(33)54(36)48(38)57)24-44(30)60-28-31-18-32(20-35(19-31)53(5)47(56)15-16-50(2,3)4)29-61-46-25-41-39(23-45(46)59-6)49(58)55-37(27-52-41)22-34-12-8-10-14-43(34)55/h7-14,17-20,23-27,36-37H,15-16,21-22,28-29H2,1-6H3/t36-,37-/m0/s1. The van der Waals surface area contributed by atoms with Gasteiger partial charge in [0, 0.05) is 67.9 Å². The molecule has 5 aromatic carbocycles. The maximum Gasteiger partial charge on any atom is 0.261 e. The minimum atomic E-state index is -0.181. The topological polar surface area (TPSA) is 113 Å². The highest BCUT2D eigenvalue weighted by molar-refractivity contribution is 6.15. The molecule has 11 heteroatoms. The summed E-state index contributed by atoms with van der Waals surface area (Å²) in [5, 5.41) is 0. The van der Waals surface area contributed by atoms with Crippen LogP contribution in [-0.4, -0.2) is 56.4 Å². The van der Waals surface area contributed by atoms with Gasteiger partial charge in [-0.15, -0.1) is 0 Å². The van der Waals surface area contributed by atoms with Crippen LogP contribution in [-0.2, 0) is 30.8 Å². The first kappa shape index (κ1) is 39.7. The normalized spacial score (nSPS) is 17.1. The molecule has 0 radical (unpaired) electrons. The first-order valence-corrected chi connectivity index (χ1v) is 20.8. The van der Waals surface area contributed by atoms with Crippen molar-refractivity contribution in [2.45, 2.75) is 78.7 Å². The molecule has 310 valence electrons. The van der Waals surface area contributed by atoms with Gasteiger partial charge in [-0.25, -0.2) is 0 Å². The number of fused-ring (bicyclic) bond motifs is 8. The van der Waals surface area contributed by atoms with Gasteiger partial charge in [-0.05, 0) is 89.0 Å². The molecule has 0 saturated carbocycles. The highest BCUT2D eigenvalue weighted by Gasteiger charge is 2.38. The maximum absolute atomic E-state index is 14.0. The summed E-state index contributed by atoms with van der Waals surface area (Å²) in [5.74, 6) is 1.24. The van der Waals surface area contributed by atoms with Crippen molar-refractivity contribution < 1.29 is 28.6 Å². The van der Waals surface area contributed by atoms with Gasteiger partial charge in [0.25, 0.3) is 11.8 Å². The quantitative estimate of drug-likeness (QED) is 0.139. The predicted molar refractivity (Wildman–Crippen MR) is 239 cm³/mol. The third-order valence-electron chi connectivity index (χ3n) is 11.9. The highest BCUT2D eigenvalue weighted by Crippen LogP contribution is 2.42. The second-order valence-electron chi connectivity index (χ2n) is 17.5. The number of benzene rings is 5. The fraction of sp³-hybridized carbons (Fsp3) is 0.300. The predicted octanol–water partition coefficient (Wildman–Crippen LogP) is 9.53. The number of aryl methyl sites for hydroxylation is 1. The average molecular weight is 816 g/mol. The van der Waals surface area contributed by atoms with Crippen LogP contribution >= 0.6 is 0 Å². The zero-order chi connectivity index (χ0) is 42.6. The smallest absolute Gasteiger partial charge is 0.261 e. The molecule has 4 aliphatic rings. The van der Waals surface area contributed by atoms with Crippen molar-refractivity contribution in [3.63, 3.8) is 0 Å². The molecule has 3 amide bonds.